The zero-order chi connectivity index (χ0) is 27.6. The number of allylic oxidation sites excluding steroid dienone is 6. The van der Waals surface area contributed by atoms with Gasteiger partial charge in [0.2, 0.25) is 0 Å². The molecular formula is C36H28O4. The fraction of sp³-hybridized carbons (Fsp3) is 0.0556. The molecule has 0 unspecified atom stereocenters. The molecule has 0 atom stereocenters. The highest BCUT2D eigenvalue weighted by Gasteiger charge is 2.21. The van der Waals surface area contributed by atoms with Crippen molar-refractivity contribution >= 4 is 23.0 Å². The van der Waals surface area contributed by atoms with Crippen molar-refractivity contribution in [3.05, 3.63) is 166 Å². The summed E-state index contributed by atoms with van der Waals surface area (Å²) in [6.45, 7) is 4.12. The second-order valence-corrected chi connectivity index (χ2v) is 9.97. The summed E-state index contributed by atoms with van der Waals surface area (Å²) in [5.74, 6) is 3.21. The molecule has 0 saturated carbocycles. The van der Waals surface area contributed by atoms with Gasteiger partial charge in [0, 0.05) is 22.3 Å². The number of phenols is 2. The molecule has 0 aliphatic carbocycles. The second kappa shape index (κ2) is 10.5. The van der Waals surface area contributed by atoms with Gasteiger partial charge in [0.05, 0.1) is 0 Å². The highest BCUT2D eigenvalue weighted by molar-refractivity contribution is 5.83. The molecule has 2 aliphatic heterocycles. The van der Waals surface area contributed by atoms with Crippen LogP contribution in [0.5, 0.6) is 11.5 Å². The fourth-order valence-corrected chi connectivity index (χ4v) is 4.59. The van der Waals surface area contributed by atoms with E-state index in [-0.39, 0.29) is 11.5 Å². The number of hydrogen-bond acceptors (Lipinski definition) is 4. The molecule has 0 amide bonds. The predicted molar refractivity (Wildman–Crippen MR) is 160 cm³/mol. The normalized spacial score (nSPS) is 16.6. The van der Waals surface area contributed by atoms with E-state index in [1.165, 1.54) is 11.1 Å². The Bertz CT molecular complexity index is 1460. The minimum Gasteiger partial charge on any atom is -0.508 e. The van der Waals surface area contributed by atoms with Crippen molar-refractivity contribution in [2.24, 2.45) is 0 Å². The van der Waals surface area contributed by atoms with Gasteiger partial charge in [-0.05, 0) is 97.8 Å². The lowest BCUT2D eigenvalue weighted by atomic mass is 9.96. The molecule has 2 heterocycles. The van der Waals surface area contributed by atoms with Gasteiger partial charge in [-0.3, -0.25) is 0 Å². The Labute approximate surface area is 233 Å². The molecule has 6 rings (SSSR count). The Balaban J connectivity index is 1.54. The summed E-state index contributed by atoms with van der Waals surface area (Å²) >= 11 is 0. The quantitative estimate of drug-likeness (QED) is 0.281. The Hall–Kier alpha value is -5.22. The molecule has 0 saturated heterocycles. The number of hydrogen-bond donors (Lipinski definition) is 2. The summed E-state index contributed by atoms with van der Waals surface area (Å²) in [5, 5.41) is 19.7. The minimum absolute atomic E-state index is 0.199. The van der Waals surface area contributed by atoms with Crippen LogP contribution in [0.1, 0.15) is 33.4 Å². The van der Waals surface area contributed by atoms with E-state index in [0.717, 1.165) is 44.9 Å². The first-order chi connectivity index (χ1) is 19.4. The smallest absolute Gasteiger partial charge is 0.135 e. The lowest BCUT2D eigenvalue weighted by Crippen LogP contribution is -2.04. The molecule has 40 heavy (non-hydrogen) atoms. The minimum atomic E-state index is 0.199. The topological polar surface area (TPSA) is 58.9 Å². The van der Waals surface area contributed by atoms with E-state index in [1.54, 1.807) is 24.3 Å². The van der Waals surface area contributed by atoms with Crippen LogP contribution in [-0.4, -0.2) is 10.2 Å². The van der Waals surface area contributed by atoms with Crippen molar-refractivity contribution in [2.75, 3.05) is 0 Å². The first kappa shape index (κ1) is 25.1. The van der Waals surface area contributed by atoms with Gasteiger partial charge in [-0.25, -0.2) is 0 Å². The van der Waals surface area contributed by atoms with Crippen LogP contribution in [0.4, 0.5) is 0 Å². The summed E-state index contributed by atoms with van der Waals surface area (Å²) < 4.78 is 12.8. The Morgan fingerprint density at radius 1 is 0.375 bits per heavy atom. The number of benzene rings is 4. The van der Waals surface area contributed by atoms with Gasteiger partial charge < -0.3 is 19.7 Å². The van der Waals surface area contributed by atoms with Crippen LogP contribution in [0.15, 0.2) is 133 Å². The van der Waals surface area contributed by atoms with E-state index >= 15 is 0 Å². The molecule has 2 aliphatic rings. The molecule has 196 valence electrons. The maximum absolute atomic E-state index is 9.85. The molecule has 4 nitrogen and oxygen atoms in total. The number of aryl methyl sites for hydroxylation is 2. The van der Waals surface area contributed by atoms with Crippen molar-refractivity contribution in [2.45, 2.75) is 13.8 Å². The van der Waals surface area contributed by atoms with Crippen molar-refractivity contribution in [3.8, 4) is 11.5 Å². The molecule has 0 fully saturated rings. The lowest BCUT2D eigenvalue weighted by Gasteiger charge is -2.23. The molecular weight excluding hydrogens is 496 g/mol. The largest absolute Gasteiger partial charge is 0.508 e. The van der Waals surface area contributed by atoms with Crippen LogP contribution >= 0.6 is 0 Å². The molecule has 0 radical (unpaired) electrons. The second-order valence-electron chi connectivity index (χ2n) is 9.97. The van der Waals surface area contributed by atoms with Gasteiger partial charge in [-0.15, -0.1) is 0 Å². The summed E-state index contributed by atoms with van der Waals surface area (Å²) in [4.78, 5) is 0. The molecule has 4 aromatic rings. The molecule has 4 heteroatoms. The molecule has 0 spiro atoms. The zero-order valence-corrected chi connectivity index (χ0v) is 22.3. The van der Waals surface area contributed by atoms with E-state index in [2.05, 4.69) is 62.4 Å². The molecule has 4 aromatic carbocycles. The van der Waals surface area contributed by atoms with Crippen LogP contribution in [0.25, 0.3) is 23.0 Å². The van der Waals surface area contributed by atoms with Gasteiger partial charge in [0.1, 0.15) is 34.5 Å². The number of aromatic hydroxyl groups is 2. The van der Waals surface area contributed by atoms with E-state index in [1.807, 2.05) is 48.6 Å². The third kappa shape index (κ3) is 5.33. The monoisotopic (exact) mass is 524 g/mol. The standard InChI is InChI=1S/C36H28O4/c1-23-3-7-25(8-4-23)33-19-29(21-35(39-33)27-11-15-31(37)16-12-27)30-20-34(26-9-5-24(2)6-10-26)40-36(22-30)28-13-17-32(38)18-14-28/h3-22,37-38H,1-2H3/b30-29+. The van der Waals surface area contributed by atoms with Gasteiger partial charge in [0.15, 0.2) is 0 Å². The van der Waals surface area contributed by atoms with E-state index in [0.29, 0.717) is 11.5 Å². The van der Waals surface area contributed by atoms with Crippen LogP contribution in [0.2, 0.25) is 0 Å². The zero-order valence-electron chi connectivity index (χ0n) is 22.3. The van der Waals surface area contributed by atoms with Crippen molar-refractivity contribution in [1.82, 2.24) is 0 Å². The number of phenolic OH excluding ortho intramolecular Hbond substituents is 2. The van der Waals surface area contributed by atoms with Crippen LogP contribution < -0.4 is 0 Å². The third-order valence-electron chi connectivity index (χ3n) is 6.90. The Morgan fingerprint density at radius 3 is 0.900 bits per heavy atom. The predicted octanol–water partition coefficient (Wildman–Crippen LogP) is 8.54. The van der Waals surface area contributed by atoms with Crippen LogP contribution in [-0.2, 0) is 9.47 Å². The van der Waals surface area contributed by atoms with E-state index < -0.39 is 0 Å². The third-order valence-corrected chi connectivity index (χ3v) is 6.90. The van der Waals surface area contributed by atoms with E-state index in [9.17, 15) is 10.2 Å². The molecule has 2 N–H and O–H groups in total. The lowest BCUT2D eigenvalue weighted by molar-refractivity contribution is 0.462. The fourth-order valence-electron chi connectivity index (χ4n) is 4.59. The highest BCUT2D eigenvalue weighted by Crippen LogP contribution is 2.38. The van der Waals surface area contributed by atoms with E-state index in [4.69, 9.17) is 9.47 Å². The average Bonchev–Trinajstić information content (AvgIpc) is 2.98. The maximum Gasteiger partial charge on any atom is 0.135 e. The summed E-state index contributed by atoms with van der Waals surface area (Å²) in [6, 6.07) is 30.5. The van der Waals surface area contributed by atoms with Crippen molar-refractivity contribution in [3.63, 3.8) is 0 Å². The maximum atomic E-state index is 9.85. The molecule has 0 bridgehead atoms. The summed E-state index contributed by atoms with van der Waals surface area (Å²) in [7, 11) is 0. The number of rotatable bonds is 4. The Morgan fingerprint density at radius 2 is 0.625 bits per heavy atom. The van der Waals surface area contributed by atoms with Gasteiger partial charge in [0.25, 0.3) is 0 Å². The van der Waals surface area contributed by atoms with Crippen LogP contribution in [0.3, 0.4) is 0 Å². The van der Waals surface area contributed by atoms with Crippen LogP contribution in [0, 0.1) is 13.8 Å². The van der Waals surface area contributed by atoms with Crippen molar-refractivity contribution in [1.29, 1.82) is 0 Å². The Kier molecular flexibility index (Phi) is 6.59. The molecule has 0 aromatic heterocycles. The summed E-state index contributed by atoms with van der Waals surface area (Å²) in [5.41, 5.74) is 7.88. The van der Waals surface area contributed by atoms with Gasteiger partial charge in [-0.2, -0.15) is 0 Å². The SMILES string of the molecule is Cc1ccc(C2=C/C(=C3/C=C(c4ccc(C)cc4)OC(c4ccc(O)cc4)=C3)C=C(c3ccc(O)cc3)O2)cc1. The van der Waals surface area contributed by atoms with Gasteiger partial charge >= 0.3 is 0 Å². The van der Waals surface area contributed by atoms with Gasteiger partial charge in [-0.1, -0.05) is 59.7 Å². The first-order valence-electron chi connectivity index (χ1n) is 13.1. The highest BCUT2D eigenvalue weighted by atomic mass is 16.5. The first-order valence-corrected chi connectivity index (χ1v) is 13.1. The van der Waals surface area contributed by atoms with Crippen molar-refractivity contribution < 1.29 is 19.7 Å². The average molecular weight is 525 g/mol. The summed E-state index contributed by atoms with van der Waals surface area (Å²) in [6.07, 6.45) is 8.12. The number of ether oxygens (including phenoxy) is 2.